The second kappa shape index (κ2) is 10.3. The highest BCUT2D eigenvalue weighted by atomic mass is 32.2. The van der Waals surface area contributed by atoms with Gasteiger partial charge in [0.05, 0.1) is 38.0 Å². The van der Waals surface area contributed by atoms with Crippen LogP contribution in [0.1, 0.15) is 18.4 Å². The molecule has 1 aromatic carbocycles. The maximum atomic E-state index is 11.8. The van der Waals surface area contributed by atoms with Crippen molar-refractivity contribution in [1.82, 2.24) is 15.0 Å². The fourth-order valence-electron chi connectivity index (χ4n) is 4.42. The molecule has 0 amide bonds. The van der Waals surface area contributed by atoms with E-state index < -0.39 is 11.2 Å². The Hall–Kier alpha value is -2.66. The normalized spacial score (nSPS) is 21.0. The van der Waals surface area contributed by atoms with Crippen molar-refractivity contribution >= 4 is 34.0 Å². The quantitative estimate of drug-likeness (QED) is 0.510. The van der Waals surface area contributed by atoms with Crippen molar-refractivity contribution in [3.63, 3.8) is 0 Å². The van der Waals surface area contributed by atoms with Crippen molar-refractivity contribution in [2.45, 2.75) is 25.5 Å². The Kier molecular flexibility index (Phi) is 7.00. The van der Waals surface area contributed by atoms with E-state index in [4.69, 9.17) is 24.4 Å². The number of methoxy groups -OCH3 is 1. The molecule has 2 aliphatic heterocycles. The predicted molar refractivity (Wildman–Crippen MR) is 133 cm³/mol. The van der Waals surface area contributed by atoms with Crippen LogP contribution in [0.4, 0.5) is 11.8 Å². The van der Waals surface area contributed by atoms with Gasteiger partial charge in [0.25, 0.3) is 0 Å². The Morgan fingerprint density at radius 2 is 1.94 bits per heavy atom. The highest BCUT2D eigenvalue weighted by molar-refractivity contribution is 7.91. The molecule has 2 aliphatic rings. The fourth-order valence-corrected chi connectivity index (χ4v) is 5.72. The van der Waals surface area contributed by atoms with Crippen molar-refractivity contribution in [2.24, 2.45) is 0 Å². The number of hydrogen-bond acceptors (Lipinski definition) is 9. The van der Waals surface area contributed by atoms with Crippen LogP contribution in [0.25, 0.3) is 22.3 Å². The Labute approximate surface area is 201 Å². The van der Waals surface area contributed by atoms with Crippen LogP contribution in [0.3, 0.4) is 0 Å². The summed E-state index contributed by atoms with van der Waals surface area (Å²) in [6.07, 6.45) is 1.67. The Bertz CT molecular complexity index is 1150. The van der Waals surface area contributed by atoms with Gasteiger partial charge in [0, 0.05) is 43.1 Å². The molecule has 0 atom stereocenters. The van der Waals surface area contributed by atoms with E-state index in [9.17, 15) is 9.66 Å². The minimum absolute atomic E-state index is 0.117. The number of nitrogens with one attached hydrogen (secondary N) is 1. The van der Waals surface area contributed by atoms with Crippen LogP contribution in [-0.2, 0) is 22.5 Å². The minimum Gasteiger partial charge on any atom is -0.616 e. The van der Waals surface area contributed by atoms with Gasteiger partial charge in [-0.05, 0) is 30.3 Å². The number of nitrogens with zero attached hydrogens (tertiary/aromatic N) is 4. The summed E-state index contributed by atoms with van der Waals surface area (Å²) >= 11 is -0.721. The van der Waals surface area contributed by atoms with E-state index in [1.54, 1.807) is 7.11 Å². The second-order valence-corrected chi connectivity index (χ2v) is 10.2. The number of rotatable bonds is 6. The maximum absolute atomic E-state index is 11.8. The van der Waals surface area contributed by atoms with Crippen LogP contribution in [0.2, 0.25) is 0 Å². The van der Waals surface area contributed by atoms with Crippen molar-refractivity contribution < 1.29 is 19.1 Å². The third-order valence-electron chi connectivity index (χ3n) is 6.32. The lowest BCUT2D eigenvalue weighted by Gasteiger charge is -2.29. The Morgan fingerprint density at radius 1 is 1.15 bits per heavy atom. The first-order valence-electron chi connectivity index (χ1n) is 11.6. The number of ether oxygens (including phenoxy) is 2. The first kappa shape index (κ1) is 23.1. The zero-order valence-electron chi connectivity index (χ0n) is 19.2. The minimum atomic E-state index is -0.721. The molecular formula is C24H29N5O4S. The molecular weight excluding hydrogens is 454 g/mol. The molecule has 2 N–H and O–H groups in total. The second-order valence-electron chi connectivity index (χ2n) is 8.49. The molecule has 0 aliphatic carbocycles. The largest absolute Gasteiger partial charge is 0.616 e. The first-order valence-corrected chi connectivity index (χ1v) is 13.0. The molecule has 0 unspecified atom stereocenters. The molecule has 0 radical (unpaired) electrons. The van der Waals surface area contributed by atoms with E-state index in [0.717, 1.165) is 48.4 Å². The van der Waals surface area contributed by atoms with Gasteiger partial charge in [-0.25, -0.2) is 4.98 Å². The van der Waals surface area contributed by atoms with Crippen molar-refractivity contribution in [3.05, 3.63) is 35.9 Å². The van der Waals surface area contributed by atoms with E-state index in [1.807, 2.05) is 30.3 Å². The fraction of sp³-hybridized carbons (Fsp3) is 0.458. The van der Waals surface area contributed by atoms with E-state index in [-0.39, 0.29) is 12.6 Å². The lowest BCUT2D eigenvalue weighted by Crippen LogP contribution is -2.37. The third kappa shape index (κ3) is 4.90. The van der Waals surface area contributed by atoms with Gasteiger partial charge in [0.15, 0.2) is 5.65 Å². The van der Waals surface area contributed by atoms with Gasteiger partial charge in [-0.1, -0.05) is 11.2 Å². The van der Waals surface area contributed by atoms with Crippen LogP contribution in [0, 0.1) is 0 Å². The summed E-state index contributed by atoms with van der Waals surface area (Å²) in [5, 5.41) is 14.1. The first-order chi connectivity index (χ1) is 16.6. The number of hydrogen-bond donors (Lipinski definition) is 2. The molecule has 2 saturated heterocycles. The topological polar surface area (TPSA) is 116 Å². The number of aliphatic hydroxyl groups excluding tert-OH is 1. The van der Waals surface area contributed by atoms with Crippen LogP contribution in [-0.4, -0.2) is 75.6 Å². The van der Waals surface area contributed by atoms with Crippen LogP contribution in [0.5, 0.6) is 5.75 Å². The number of pyridine rings is 1. The monoisotopic (exact) mass is 483 g/mol. The zero-order chi connectivity index (χ0) is 23.5. The number of aromatic nitrogens is 3. The number of benzene rings is 1. The van der Waals surface area contributed by atoms with Gasteiger partial charge >= 0.3 is 0 Å². The summed E-state index contributed by atoms with van der Waals surface area (Å²) in [6, 6.07) is 9.83. The van der Waals surface area contributed by atoms with Gasteiger partial charge in [0.1, 0.15) is 23.1 Å². The van der Waals surface area contributed by atoms with E-state index in [2.05, 4.69) is 10.2 Å². The molecule has 4 heterocycles. The highest BCUT2D eigenvalue weighted by Gasteiger charge is 2.24. The predicted octanol–water partition coefficient (Wildman–Crippen LogP) is 2.35. The highest BCUT2D eigenvalue weighted by Crippen LogP contribution is 2.30. The molecule has 5 rings (SSSR count). The summed E-state index contributed by atoms with van der Waals surface area (Å²) in [5.41, 5.74) is 2.95. The molecule has 34 heavy (non-hydrogen) atoms. The van der Waals surface area contributed by atoms with Crippen molar-refractivity contribution in [3.8, 4) is 17.0 Å². The van der Waals surface area contributed by atoms with Crippen molar-refractivity contribution in [1.29, 1.82) is 0 Å². The summed E-state index contributed by atoms with van der Waals surface area (Å²) < 4.78 is 22.6. The van der Waals surface area contributed by atoms with Gasteiger partial charge in [-0.15, -0.1) is 0 Å². The van der Waals surface area contributed by atoms with Gasteiger partial charge in [0.2, 0.25) is 5.95 Å². The van der Waals surface area contributed by atoms with Crippen LogP contribution in [0.15, 0.2) is 30.3 Å². The van der Waals surface area contributed by atoms with Crippen LogP contribution < -0.4 is 15.0 Å². The average Bonchev–Trinajstić information content (AvgIpc) is 2.89. The molecule has 2 aromatic heterocycles. The molecule has 0 spiro atoms. The number of morpholine rings is 1. The van der Waals surface area contributed by atoms with E-state index >= 15 is 0 Å². The van der Waals surface area contributed by atoms with Crippen LogP contribution >= 0.6 is 0 Å². The SMILES string of the molecule is COc1ccc(-c2ccc3c(N4CCOCC4)nc(NC4CC[S+]([O-])CC4)nc3n2)cc1CO. The van der Waals surface area contributed by atoms with Gasteiger partial charge in [-0.3, -0.25) is 0 Å². The lowest BCUT2D eigenvalue weighted by atomic mass is 10.1. The van der Waals surface area contributed by atoms with Gasteiger partial charge < -0.3 is 29.3 Å². The van der Waals surface area contributed by atoms with Gasteiger partial charge in [-0.2, -0.15) is 9.97 Å². The number of anilines is 2. The Morgan fingerprint density at radius 3 is 2.68 bits per heavy atom. The molecule has 0 saturated carbocycles. The molecule has 10 heteroatoms. The Balaban J connectivity index is 1.53. The third-order valence-corrected chi connectivity index (χ3v) is 7.70. The molecule has 3 aromatic rings. The zero-order valence-corrected chi connectivity index (χ0v) is 20.0. The number of fused-ring (bicyclic) bond motifs is 1. The average molecular weight is 484 g/mol. The van der Waals surface area contributed by atoms with Crippen molar-refractivity contribution in [2.75, 3.05) is 55.1 Å². The maximum Gasteiger partial charge on any atom is 0.226 e. The van der Waals surface area contributed by atoms with E-state index in [1.165, 1.54) is 0 Å². The molecule has 180 valence electrons. The summed E-state index contributed by atoms with van der Waals surface area (Å²) in [6.45, 7) is 2.71. The molecule has 2 fully saturated rings. The summed E-state index contributed by atoms with van der Waals surface area (Å²) in [7, 11) is 1.59. The standard InChI is InChI=1S/C24H29N5O4S/c1-32-21-5-2-16(14-17(21)15-30)20-4-3-19-22(26-20)27-24(25-18-6-12-34(31)13-7-18)28-23(19)29-8-10-33-11-9-29/h2-5,14,18,30H,6-13,15H2,1H3,(H,25,26,27,28). The molecule has 9 nitrogen and oxygen atoms in total. The van der Waals surface area contributed by atoms with E-state index in [0.29, 0.717) is 47.6 Å². The summed E-state index contributed by atoms with van der Waals surface area (Å²) in [5.74, 6) is 3.44. The lowest BCUT2D eigenvalue weighted by molar-refractivity contribution is 0.122. The smallest absolute Gasteiger partial charge is 0.226 e. The number of aliphatic hydroxyl groups is 1. The summed E-state index contributed by atoms with van der Waals surface area (Å²) in [4.78, 5) is 16.7. The molecule has 0 bridgehead atoms.